The highest BCUT2D eigenvalue weighted by atomic mass is 16.2. The molecule has 0 aromatic carbocycles. The number of carbonyl (C=O) groups excluding carboxylic acids is 1. The summed E-state index contributed by atoms with van der Waals surface area (Å²) in [6, 6.07) is 4.59. The smallest absolute Gasteiger partial charge is 0.270 e. The van der Waals surface area contributed by atoms with E-state index in [0.29, 0.717) is 12.2 Å². The van der Waals surface area contributed by atoms with Gasteiger partial charge in [0.2, 0.25) is 5.56 Å². The number of unbranched alkanes of at least 4 members (excludes halogenated alkanes) is 1. The lowest BCUT2D eigenvalue weighted by molar-refractivity contribution is 0.0787. The van der Waals surface area contributed by atoms with Crippen molar-refractivity contribution in [1.82, 2.24) is 9.88 Å². The molecule has 0 aliphatic carbocycles. The number of carbonyl (C=O) groups is 1. The molecular weight excluding hydrogens is 192 g/mol. The highest BCUT2D eigenvalue weighted by Crippen LogP contribution is 1.99. The third kappa shape index (κ3) is 3.23. The average molecular weight is 208 g/mol. The van der Waals surface area contributed by atoms with Crippen molar-refractivity contribution in [2.45, 2.75) is 19.8 Å². The average Bonchev–Trinajstić information content (AvgIpc) is 2.24. The van der Waals surface area contributed by atoms with Gasteiger partial charge in [-0.15, -0.1) is 0 Å². The van der Waals surface area contributed by atoms with Crippen LogP contribution in [0.15, 0.2) is 23.0 Å². The molecule has 0 aliphatic rings. The van der Waals surface area contributed by atoms with Crippen molar-refractivity contribution in [3.05, 3.63) is 34.2 Å². The van der Waals surface area contributed by atoms with Crippen LogP contribution < -0.4 is 5.56 Å². The zero-order chi connectivity index (χ0) is 11.3. The Morgan fingerprint density at radius 3 is 2.80 bits per heavy atom. The van der Waals surface area contributed by atoms with Crippen LogP contribution in [0.1, 0.15) is 30.3 Å². The lowest BCUT2D eigenvalue weighted by atomic mass is 10.3. The molecule has 0 saturated carbocycles. The summed E-state index contributed by atoms with van der Waals surface area (Å²) in [4.78, 5) is 26.9. The fourth-order valence-corrected chi connectivity index (χ4v) is 1.28. The predicted octanol–water partition coefficient (Wildman–Crippen LogP) is 1.25. The lowest BCUT2D eigenvalue weighted by Gasteiger charge is -2.16. The standard InChI is InChI=1S/C11H16N2O2/c1-3-4-8-13(2)11(15)9-6-5-7-10(14)12-9/h5-7H,3-4,8H2,1-2H3,(H,12,14). The molecule has 0 spiro atoms. The van der Waals surface area contributed by atoms with Gasteiger partial charge in [-0.25, -0.2) is 0 Å². The van der Waals surface area contributed by atoms with Gasteiger partial charge in [0.1, 0.15) is 5.69 Å². The van der Waals surface area contributed by atoms with E-state index >= 15 is 0 Å². The van der Waals surface area contributed by atoms with E-state index in [-0.39, 0.29) is 11.5 Å². The fourth-order valence-electron chi connectivity index (χ4n) is 1.28. The zero-order valence-electron chi connectivity index (χ0n) is 9.12. The number of rotatable bonds is 4. The highest BCUT2D eigenvalue weighted by molar-refractivity contribution is 5.91. The molecule has 0 saturated heterocycles. The second kappa shape index (κ2) is 5.34. The number of H-pyrrole nitrogens is 1. The minimum Gasteiger partial charge on any atom is -0.340 e. The summed E-state index contributed by atoms with van der Waals surface area (Å²) in [5.41, 5.74) is 0.103. The second-order valence-electron chi connectivity index (χ2n) is 3.51. The lowest BCUT2D eigenvalue weighted by Crippen LogP contribution is -2.29. The van der Waals surface area contributed by atoms with E-state index in [9.17, 15) is 9.59 Å². The summed E-state index contributed by atoms with van der Waals surface area (Å²) in [7, 11) is 1.74. The third-order valence-corrected chi connectivity index (χ3v) is 2.19. The largest absolute Gasteiger partial charge is 0.340 e. The van der Waals surface area contributed by atoms with Crippen molar-refractivity contribution in [2.75, 3.05) is 13.6 Å². The first-order valence-electron chi connectivity index (χ1n) is 5.10. The van der Waals surface area contributed by atoms with Crippen LogP contribution in [-0.4, -0.2) is 29.4 Å². The fraction of sp³-hybridized carbons (Fsp3) is 0.455. The zero-order valence-corrected chi connectivity index (χ0v) is 9.12. The maximum absolute atomic E-state index is 11.8. The van der Waals surface area contributed by atoms with Crippen LogP contribution in [-0.2, 0) is 0 Å². The molecule has 4 heteroatoms. The molecule has 1 aromatic rings. The van der Waals surface area contributed by atoms with Gasteiger partial charge >= 0.3 is 0 Å². The second-order valence-corrected chi connectivity index (χ2v) is 3.51. The van der Waals surface area contributed by atoms with Crippen molar-refractivity contribution in [2.24, 2.45) is 0 Å². The summed E-state index contributed by atoms with van der Waals surface area (Å²) < 4.78 is 0. The monoisotopic (exact) mass is 208 g/mol. The van der Waals surface area contributed by atoms with Crippen LogP contribution in [0.3, 0.4) is 0 Å². The summed E-state index contributed by atoms with van der Waals surface area (Å²) in [6.07, 6.45) is 2.02. The molecule has 0 aliphatic heterocycles. The highest BCUT2D eigenvalue weighted by Gasteiger charge is 2.10. The van der Waals surface area contributed by atoms with Crippen LogP contribution >= 0.6 is 0 Å². The number of nitrogens with zero attached hydrogens (tertiary/aromatic N) is 1. The molecule has 0 fully saturated rings. The molecule has 0 unspecified atom stereocenters. The number of aromatic nitrogens is 1. The maximum atomic E-state index is 11.8. The van der Waals surface area contributed by atoms with Crippen molar-refractivity contribution in [3.63, 3.8) is 0 Å². The molecule has 4 nitrogen and oxygen atoms in total. The Labute approximate surface area is 88.9 Å². The van der Waals surface area contributed by atoms with Crippen LogP contribution in [0.2, 0.25) is 0 Å². The number of nitrogens with one attached hydrogen (secondary N) is 1. The normalized spacial score (nSPS) is 10.0. The number of pyridine rings is 1. The number of amides is 1. The van der Waals surface area contributed by atoms with E-state index in [0.717, 1.165) is 12.8 Å². The molecular formula is C11H16N2O2. The van der Waals surface area contributed by atoms with E-state index in [2.05, 4.69) is 11.9 Å². The number of aromatic amines is 1. The van der Waals surface area contributed by atoms with Crippen molar-refractivity contribution < 1.29 is 4.79 Å². The number of hydrogen-bond acceptors (Lipinski definition) is 2. The Morgan fingerprint density at radius 1 is 1.47 bits per heavy atom. The Kier molecular flexibility index (Phi) is 4.09. The third-order valence-electron chi connectivity index (χ3n) is 2.19. The van der Waals surface area contributed by atoms with Crippen molar-refractivity contribution >= 4 is 5.91 Å². The molecule has 0 radical (unpaired) electrons. The Bertz CT molecular complexity index is 384. The first-order valence-corrected chi connectivity index (χ1v) is 5.10. The van der Waals surface area contributed by atoms with E-state index < -0.39 is 0 Å². The van der Waals surface area contributed by atoms with Gasteiger partial charge < -0.3 is 9.88 Å². The van der Waals surface area contributed by atoms with E-state index in [1.807, 2.05) is 0 Å². The van der Waals surface area contributed by atoms with Crippen molar-refractivity contribution in [3.8, 4) is 0 Å². The van der Waals surface area contributed by atoms with Gasteiger partial charge in [0.25, 0.3) is 5.91 Å². The minimum absolute atomic E-state index is 0.138. The molecule has 1 aromatic heterocycles. The van der Waals surface area contributed by atoms with Gasteiger partial charge in [-0.1, -0.05) is 19.4 Å². The Hall–Kier alpha value is -1.58. The van der Waals surface area contributed by atoms with Gasteiger partial charge in [-0.2, -0.15) is 0 Å². The van der Waals surface area contributed by atoms with Crippen LogP contribution in [0, 0.1) is 0 Å². The Morgan fingerprint density at radius 2 is 2.20 bits per heavy atom. The summed E-state index contributed by atoms with van der Waals surface area (Å²) in [5, 5.41) is 0. The van der Waals surface area contributed by atoms with Gasteiger partial charge in [-0.05, 0) is 12.5 Å². The van der Waals surface area contributed by atoms with Gasteiger partial charge in [-0.3, -0.25) is 9.59 Å². The van der Waals surface area contributed by atoms with E-state index in [1.54, 1.807) is 24.1 Å². The molecule has 0 bridgehead atoms. The van der Waals surface area contributed by atoms with Crippen molar-refractivity contribution in [1.29, 1.82) is 0 Å². The molecule has 15 heavy (non-hydrogen) atoms. The summed E-state index contributed by atoms with van der Waals surface area (Å²) in [6.45, 7) is 2.79. The molecule has 1 rings (SSSR count). The van der Waals surface area contributed by atoms with Crippen LogP contribution in [0.25, 0.3) is 0 Å². The predicted molar refractivity (Wildman–Crippen MR) is 58.9 cm³/mol. The van der Waals surface area contributed by atoms with E-state index in [4.69, 9.17) is 0 Å². The molecule has 1 N–H and O–H groups in total. The van der Waals surface area contributed by atoms with Gasteiger partial charge in [0, 0.05) is 19.7 Å². The first-order chi connectivity index (χ1) is 7.15. The molecule has 1 heterocycles. The van der Waals surface area contributed by atoms with Crippen LogP contribution in [0.4, 0.5) is 0 Å². The SMILES string of the molecule is CCCCN(C)C(=O)c1cccc(=O)[nH]1. The quantitative estimate of drug-likeness (QED) is 0.809. The molecule has 82 valence electrons. The molecule has 0 atom stereocenters. The van der Waals surface area contributed by atoms with Gasteiger partial charge in [0.15, 0.2) is 0 Å². The summed E-state index contributed by atoms with van der Waals surface area (Å²) >= 11 is 0. The minimum atomic E-state index is -0.246. The topological polar surface area (TPSA) is 53.2 Å². The van der Waals surface area contributed by atoms with Crippen LogP contribution in [0.5, 0.6) is 0 Å². The first kappa shape index (κ1) is 11.5. The molecule has 1 amide bonds. The van der Waals surface area contributed by atoms with Gasteiger partial charge in [0.05, 0.1) is 0 Å². The Balaban J connectivity index is 2.72. The summed E-state index contributed by atoms with van der Waals surface area (Å²) in [5.74, 6) is -0.138. The van der Waals surface area contributed by atoms with E-state index in [1.165, 1.54) is 6.07 Å². The number of hydrogen-bond donors (Lipinski definition) is 1. The maximum Gasteiger partial charge on any atom is 0.270 e.